The Morgan fingerprint density at radius 3 is 2.24 bits per heavy atom. The van der Waals surface area contributed by atoms with Gasteiger partial charge in [-0.15, -0.1) is 0 Å². The molecule has 0 aromatic heterocycles. The van der Waals surface area contributed by atoms with E-state index in [1.165, 1.54) is 6.07 Å². The van der Waals surface area contributed by atoms with Gasteiger partial charge in [-0.05, 0) is 55.2 Å². The summed E-state index contributed by atoms with van der Waals surface area (Å²) in [6.07, 6.45) is 5.45. The molecule has 0 bridgehead atoms. The summed E-state index contributed by atoms with van der Waals surface area (Å²) in [5.74, 6) is -2.61. The van der Waals surface area contributed by atoms with Gasteiger partial charge in [0.2, 0.25) is 0 Å². The van der Waals surface area contributed by atoms with E-state index in [9.17, 15) is 18.4 Å². The van der Waals surface area contributed by atoms with Crippen LogP contribution in [0.1, 0.15) is 56.8 Å². The molecule has 156 valence electrons. The van der Waals surface area contributed by atoms with Crippen LogP contribution in [-0.2, 0) is 4.79 Å². The zero-order chi connectivity index (χ0) is 21.2. The van der Waals surface area contributed by atoms with E-state index in [2.05, 4.69) is 36.4 Å². The van der Waals surface area contributed by atoms with E-state index in [0.717, 1.165) is 37.8 Å². The molecule has 2 amide bonds. The van der Waals surface area contributed by atoms with Gasteiger partial charge in [0.25, 0.3) is 11.8 Å². The number of carbonyl (C=O) groups excluding carboxylic acids is 2. The molecule has 3 rings (SSSR count). The van der Waals surface area contributed by atoms with Crippen LogP contribution >= 0.6 is 0 Å². The first kappa shape index (κ1) is 21.1. The highest BCUT2D eigenvalue weighted by atomic mass is 19.1. The number of hydrogen-bond acceptors (Lipinski definition) is 3. The number of nitrogens with one attached hydrogen (secondary N) is 2. The third-order valence-corrected chi connectivity index (χ3v) is 5.74. The van der Waals surface area contributed by atoms with E-state index in [0.29, 0.717) is 5.92 Å². The summed E-state index contributed by atoms with van der Waals surface area (Å²) in [5, 5.41) is 5.41. The van der Waals surface area contributed by atoms with E-state index in [-0.39, 0.29) is 35.3 Å². The molecule has 0 saturated heterocycles. The minimum Gasteiger partial charge on any atom is -0.348 e. The topological polar surface area (TPSA) is 70.6 Å². The third kappa shape index (κ3) is 4.89. The van der Waals surface area contributed by atoms with E-state index >= 15 is 0 Å². The molecule has 0 unspecified atom stereocenters. The number of hydrogen-bond donors (Lipinski definition) is 2. The lowest BCUT2D eigenvalue weighted by molar-refractivity contribution is -0.115. The minimum absolute atomic E-state index is 0.0605. The van der Waals surface area contributed by atoms with Crippen molar-refractivity contribution in [1.82, 2.24) is 10.6 Å². The van der Waals surface area contributed by atoms with E-state index in [1.54, 1.807) is 6.08 Å². The van der Waals surface area contributed by atoms with Crippen LogP contribution in [0.15, 0.2) is 35.0 Å². The average Bonchev–Trinajstić information content (AvgIpc) is 3.09. The fourth-order valence-electron chi connectivity index (χ4n) is 3.97. The average molecular weight is 403 g/mol. The van der Waals surface area contributed by atoms with Crippen LogP contribution in [0.5, 0.6) is 0 Å². The van der Waals surface area contributed by atoms with Crippen LogP contribution in [0.3, 0.4) is 0 Å². The molecule has 1 aliphatic carbocycles. The highest BCUT2D eigenvalue weighted by molar-refractivity contribution is 6.46. The minimum atomic E-state index is -0.959. The predicted octanol–water partition coefficient (Wildman–Crippen LogP) is 3.75. The second-order valence-corrected chi connectivity index (χ2v) is 8.75. The van der Waals surface area contributed by atoms with Crippen LogP contribution in [0.4, 0.5) is 8.78 Å². The molecule has 7 heteroatoms. The molecule has 1 aromatic rings. The summed E-state index contributed by atoms with van der Waals surface area (Å²) in [6, 6.07) is 3.27. The van der Waals surface area contributed by atoms with Crippen LogP contribution in [0.25, 0.3) is 0 Å². The number of halogens is 2. The van der Waals surface area contributed by atoms with Gasteiger partial charge in [0.05, 0.1) is 12.2 Å². The Labute approximate surface area is 169 Å². The normalized spacial score (nSPS) is 22.0. The first-order valence-corrected chi connectivity index (χ1v) is 9.98. The van der Waals surface area contributed by atoms with Gasteiger partial charge in [0.15, 0.2) is 0 Å². The van der Waals surface area contributed by atoms with Gasteiger partial charge in [-0.25, -0.2) is 8.78 Å². The fraction of sp³-hybridized carbons (Fsp3) is 0.500. The Morgan fingerprint density at radius 2 is 1.66 bits per heavy atom. The van der Waals surface area contributed by atoms with E-state index in [4.69, 9.17) is 0 Å². The summed E-state index contributed by atoms with van der Waals surface area (Å²) >= 11 is 0. The van der Waals surface area contributed by atoms with E-state index < -0.39 is 23.1 Å². The Morgan fingerprint density at radius 1 is 1.03 bits per heavy atom. The Bertz CT molecular complexity index is 843. The SMILES string of the molecule is CC(C)(C)C1CCC(NC(=O)C2=NCC=C2NC(=O)c2c(F)cccc2F)CC1. The summed E-state index contributed by atoms with van der Waals surface area (Å²) in [5.41, 5.74) is -0.153. The van der Waals surface area contributed by atoms with Crippen LogP contribution in [0.2, 0.25) is 0 Å². The molecule has 2 aliphatic rings. The van der Waals surface area contributed by atoms with Gasteiger partial charge in [0, 0.05) is 6.04 Å². The van der Waals surface area contributed by atoms with Crippen molar-refractivity contribution in [3.63, 3.8) is 0 Å². The van der Waals surface area contributed by atoms with Crippen molar-refractivity contribution in [2.75, 3.05) is 6.54 Å². The molecule has 1 aliphatic heterocycles. The number of carbonyl (C=O) groups is 2. The maximum Gasteiger partial charge on any atom is 0.271 e. The number of amides is 2. The highest BCUT2D eigenvalue weighted by Gasteiger charge is 2.32. The van der Waals surface area contributed by atoms with Crippen LogP contribution < -0.4 is 10.6 Å². The number of benzene rings is 1. The largest absolute Gasteiger partial charge is 0.348 e. The lowest BCUT2D eigenvalue weighted by Gasteiger charge is -2.37. The molecule has 1 fully saturated rings. The van der Waals surface area contributed by atoms with Gasteiger partial charge in [-0.3, -0.25) is 14.6 Å². The molecule has 5 nitrogen and oxygen atoms in total. The van der Waals surface area contributed by atoms with E-state index in [1.807, 2.05) is 0 Å². The lowest BCUT2D eigenvalue weighted by atomic mass is 9.71. The molecule has 0 atom stereocenters. The second kappa shape index (κ2) is 8.43. The highest BCUT2D eigenvalue weighted by Crippen LogP contribution is 2.37. The van der Waals surface area contributed by atoms with Gasteiger partial charge >= 0.3 is 0 Å². The smallest absolute Gasteiger partial charge is 0.271 e. The zero-order valence-electron chi connectivity index (χ0n) is 17.0. The van der Waals surface area contributed by atoms with Crippen molar-refractivity contribution in [2.24, 2.45) is 16.3 Å². The fourth-order valence-corrected chi connectivity index (χ4v) is 3.97. The van der Waals surface area contributed by atoms with Gasteiger partial charge < -0.3 is 10.6 Å². The summed E-state index contributed by atoms with van der Waals surface area (Å²) in [6.45, 7) is 6.95. The van der Waals surface area contributed by atoms with Crippen molar-refractivity contribution in [3.8, 4) is 0 Å². The summed E-state index contributed by atoms with van der Waals surface area (Å²) in [4.78, 5) is 29.1. The molecular formula is C22H27F2N3O2. The Hall–Kier alpha value is -2.57. The first-order valence-electron chi connectivity index (χ1n) is 9.98. The molecule has 29 heavy (non-hydrogen) atoms. The molecule has 0 spiro atoms. The Balaban J connectivity index is 1.60. The molecule has 1 saturated carbocycles. The maximum atomic E-state index is 13.8. The first-order chi connectivity index (χ1) is 13.7. The van der Waals surface area contributed by atoms with Crippen molar-refractivity contribution in [3.05, 3.63) is 47.2 Å². The van der Waals surface area contributed by atoms with Gasteiger partial charge in [-0.1, -0.05) is 26.8 Å². The monoisotopic (exact) mass is 403 g/mol. The predicted molar refractivity (Wildman–Crippen MR) is 108 cm³/mol. The second-order valence-electron chi connectivity index (χ2n) is 8.75. The zero-order valence-corrected chi connectivity index (χ0v) is 17.0. The van der Waals surface area contributed by atoms with Crippen molar-refractivity contribution < 1.29 is 18.4 Å². The quantitative estimate of drug-likeness (QED) is 0.804. The molecule has 0 radical (unpaired) electrons. The van der Waals surface area contributed by atoms with Crippen molar-refractivity contribution in [2.45, 2.75) is 52.5 Å². The molecule has 2 N–H and O–H groups in total. The van der Waals surface area contributed by atoms with Crippen molar-refractivity contribution in [1.29, 1.82) is 0 Å². The number of nitrogens with zero attached hydrogens (tertiary/aromatic N) is 1. The standard InChI is InChI=1S/C22H27F2N3O2/c1-22(2,3)13-7-9-14(10-8-13)26-21(29)19-17(11-12-25-19)27-20(28)18-15(23)5-4-6-16(18)24/h4-6,11,13-14H,7-10,12H2,1-3H3,(H,26,29)(H,27,28). The number of rotatable bonds is 4. The maximum absolute atomic E-state index is 13.8. The molecule has 1 aromatic carbocycles. The molecular weight excluding hydrogens is 376 g/mol. The third-order valence-electron chi connectivity index (χ3n) is 5.74. The summed E-state index contributed by atoms with van der Waals surface area (Å²) in [7, 11) is 0. The van der Waals surface area contributed by atoms with Gasteiger partial charge in [-0.2, -0.15) is 0 Å². The summed E-state index contributed by atoms with van der Waals surface area (Å²) < 4.78 is 27.7. The van der Waals surface area contributed by atoms with Crippen LogP contribution in [0, 0.1) is 23.0 Å². The Kier molecular flexibility index (Phi) is 6.15. The molecule has 1 heterocycles. The lowest BCUT2D eigenvalue weighted by Crippen LogP contribution is -2.44. The van der Waals surface area contributed by atoms with Crippen molar-refractivity contribution >= 4 is 17.5 Å². The number of aliphatic imine (C=N–C) groups is 1. The van der Waals surface area contributed by atoms with Gasteiger partial charge in [0.1, 0.15) is 22.9 Å². The van der Waals surface area contributed by atoms with Crippen LogP contribution in [-0.4, -0.2) is 30.1 Å².